The number of rotatable bonds is 5. The Balaban J connectivity index is 1.51. The van der Waals surface area contributed by atoms with E-state index in [1.807, 2.05) is 24.3 Å². The molecule has 5 rings (SSSR count). The molecule has 1 aliphatic rings. The molecule has 0 radical (unpaired) electrons. The molecule has 33 heavy (non-hydrogen) atoms. The van der Waals surface area contributed by atoms with Gasteiger partial charge in [-0.1, -0.05) is 31.0 Å². The maximum absolute atomic E-state index is 13.7. The van der Waals surface area contributed by atoms with Crippen LogP contribution in [0.25, 0.3) is 10.9 Å². The van der Waals surface area contributed by atoms with E-state index in [0.29, 0.717) is 28.2 Å². The fourth-order valence-electron chi connectivity index (χ4n) is 4.74. The number of benzene rings is 2. The normalized spacial score (nSPS) is 14.6. The van der Waals surface area contributed by atoms with Crippen LogP contribution in [0.2, 0.25) is 0 Å². The molecule has 6 nitrogen and oxygen atoms in total. The monoisotopic (exact) mass is 459 g/mol. The molecular weight excluding hydrogens is 434 g/mol. The third kappa shape index (κ3) is 3.93. The molecule has 0 atom stereocenters. The number of carbonyl (C=O) groups excluding carboxylic acids is 1. The number of aromatic nitrogens is 2. The fourth-order valence-corrected chi connectivity index (χ4v) is 6.20. The lowest BCUT2D eigenvalue weighted by Crippen LogP contribution is -2.16. The van der Waals surface area contributed by atoms with Gasteiger partial charge in [-0.25, -0.2) is 12.4 Å². The smallest absolute Gasteiger partial charge is 0.268 e. The van der Waals surface area contributed by atoms with E-state index < -0.39 is 10.0 Å². The number of aryl methyl sites for hydroxylation is 1. The van der Waals surface area contributed by atoms with Crippen LogP contribution < -0.4 is 5.32 Å². The minimum Gasteiger partial charge on any atom is -0.321 e. The van der Waals surface area contributed by atoms with Gasteiger partial charge in [0, 0.05) is 23.3 Å². The van der Waals surface area contributed by atoms with E-state index in [4.69, 9.17) is 0 Å². The zero-order valence-electron chi connectivity index (χ0n) is 18.4. The van der Waals surface area contributed by atoms with Crippen LogP contribution in [0.3, 0.4) is 0 Å². The molecular formula is C26H25N3O3S. The van der Waals surface area contributed by atoms with E-state index in [2.05, 4.69) is 10.3 Å². The summed E-state index contributed by atoms with van der Waals surface area (Å²) in [4.78, 5) is 16.9. The quantitative estimate of drug-likeness (QED) is 0.428. The van der Waals surface area contributed by atoms with Gasteiger partial charge >= 0.3 is 0 Å². The average Bonchev–Trinajstić information content (AvgIpc) is 3.48. The highest BCUT2D eigenvalue weighted by atomic mass is 32.2. The van der Waals surface area contributed by atoms with E-state index in [1.54, 1.807) is 49.8 Å². The molecule has 0 unspecified atom stereocenters. The molecule has 2 heterocycles. The van der Waals surface area contributed by atoms with Crippen LogP contribution in [-0.4, -0.2) is 23.3 Å². The van der Waals surface area contributed by atoms with Crippen molar-refractivity contribution in [1.29, 1.82) is 0 Å². The molecule has 4 aromatic rings. The van der Waals surface area contributed by atoms with Crippen LogP contribution in [-0.2, 0) is 10.0 Å². The first kappa shape index (κ1) is 21.4. The van der Waals surface area contributed by atoms with Crippen molar-refractivity contribution in [2.45, 2.75) is 43.4 Å². The molecule has 1 aliphatic carbocycles. The van der Waals surface area contributed by atoms with Crippen molar-refractivity contribution < 1.29 is 13.2 Å². The predicted octanol–water partition coefficient (Wildman–Crippen LogP) is 5.49. The second-order valence-corrected chi connectivity index (χ2v) is 10.4. The Morgan fingerprint density at radius 1 is 1.06 bits per heavy atom. The minimum absolute atomic E-state index is 0.164. The molecule has 1 N–H and O–H groups in total. The number of hydrogen-bond acceptors (Lipinski definition) is 4. The maximum Gasteiger partial charge on any atom is 0.268 e. The van der Waals surface area contributed by atoms with Gasteiger partial charge in [-0.2, -0.15) is 0 Å². The first-order chi connectivity index (χ1) is 15.9. The minimum atomic E-state index is -3.82. The SMILES string of the molecule is Cc1cc(S(=O)(=O)n2cc(C3CCCC3)c3ccccc32)ccc1C(=O)Nc1cccnc1. The van der Waals surface area contributed by atoms with Gasteiger partial charge in [0.15, 0.2) is 0 Å². The Hall–Kier alpha value is -3.45. The summed E-state index contributed by atoms with van der Waals surface area (Å²) in [6.45, 7) is 1.74. The van der Waals surface area contributed by atoms with Crippen LogP contribution in [0.1, 0.15) is 53.1 Å². The molecule has 0 spiro atoms. The summed E-state index contributed by atoms with van der Waals surface area (Å²) in [5.41, 5.74) is 3.38. The van der Waals surface area contributed by atoms with E-state index in [1.165, 1.54) is 22.9 Å². The van der Waals surface area contributed by atoms with Crippen molar-refractivity contribution in [3.05, 3.63) is 89.9 Å². The van der Waals surface area contributed by atoms with Crippen molar-refractivity contribution in [2.24, 2.45) is 0 Å². The van der Waals surface area contributed by atoms with Gasteiger partial charge in [-0.3, -0.25) is 9.78 Å². The average molecular weight is 460 g/mol. The lowest BCUT2D eigenvalue weighted by atomic mass is 9.97. The lowest BCUT2D eigenvalue weighted by Gasteiger charge is -2.11. The molecule has 168 valence electrons. The Morgan fingerprint density at radius 2 is 1.85 bits per heavy atom. The summed E-state index contributed by atoms with van der Waals surface area (Å²) >= 11 is 0. The van der Waals surface area contributed by atoms with Crippen LogP contribution in [0.4, 0.5) is 5.69 Å². The molecule has 1 amide bonds. The van der Waals surface area contributed by atoms with E-state index in [-0.39, 0.29) is 10.8 Å². The molecule has 2 aromatic carbocycles. The third-order valence-corrected chi connectivity index (χ3v) is 8.09. The Bertz CT molecular complexity index is 1440. The summed E-state index contributed by atoms with van der Waals surface area (Å²) in [6, 6.07) is 15.8. The number of pyridine rings is 1. The standard InChI is InChI=1S/C26H25N3O3S/c1-18-15-21(12-13-22(18)26(30)28-20-9-6-14-27-16-20)33(31,32)29-17-24(19-7-2-3-8-19)23-10-4-5-11-25(23)29/h4-6,9-17,19H,2-3,7-8H2,1H3,(H,28,30). The van der Waals surface area contributed by atoms with E-state index in [0.717, 1.165) is 23.8 Å². The molecule has 0 bridgehead atoms. The third-order valence-electron chi connectivity index (χ3n) is 6.42. The van der Waals surface area contributed by atoms with Crippen molar-refractivity contribution in [3.8, 4) is 0 Å². The van der Waals surface area contributed by atoms with Gasteiger partial charge < -0.3 is 5.32 Å². The Morgan fingerprint density at radius 3 is 2.58 bits per heavy atom. The van der Waals surface area contributed by atoms with Crippen LogP contribution >= 0.6 is 0 Å². The molecule has 2 aromatic heterocycles. The zero-order chi connectivity index (χ0) is 23.0. The number of fused-ring (bicyclic) bond motifs is 1. The van der Waals surface area contributed by atoms with Gasteiger partial charge in [0.1, 0.15) is 0 Å². The summed E-state index contributed by atoms with van der Waals surface area (Å²) in [7, 11) is -3.82. The van der Waals surface area contributed by atoms with Crippen LogP contribution in [0, 0.1) is 6.92 Å². The highest BCUT2D eigenvalue weighted by molar-refractivity contribution is 7.90. The maximum atomic E-state index is 13.7. The van der Waals surface area contributed by atoms with Gasteiger partial charge in [-0.15, -0.1) is 0 Å². The molecule has 1 saturated carbocycles. The van der Waals surface area contributed by atoms with Crippen LogP contribution in [0.5, 0.6) is 0 Å². The summed E-state index contributed by atoms with van der Waals surface area (Å²) < 4.78 is 28.7. The second kappa shape index (κ2) is 8.48. The van der Waals surface area contributed by atoms with E-state index in [9.17, 15) is 13.2 Å². The first-order valence-corrected chi connectivity index (χ1v) is 12.6. The number of carbonyl (C=O) groups is 1. The zero-order valence-corrected chi connectivity index (χ0v) is 19.2. The van der Waals surface area contributed by atoms with E-state index >= 15 is 0 Å². The highest BCUT2D eigenvalue weighted by Crippen LogP contribution is 2.39. The first-order valence-electron chi connectivity index (χ1n) is 11.1. The van der Waals surface area contributed by atoms with Crippen molar-refractivity contribution in [1.82, 2.24) is 8.96 Å². The molecule has 0 saturated heterocycles. The summed E-state index contributed by atoms with van der Waals surface area (Å²) in [6.07, 6.45) is 9.53. The van der Waals surface area contributed by atoms with Gasteiger partial charge in [0.05, 0.1) is 22.3 Å². The predicted molar refractivity (Wildman–Crippen MR) is 129 cm³/mol. The largest absolute Gasteiger partial charge is 0.321 e. The van der Waals surface area contributed by atoms with Crippen molar-refractivity contribution in [3.63, 3.8) is 0 Å². The highest BCUT2D eigenvalue weighted by Gasteiger charge is 2.26. The van der Waals surface area contributed by atoms with Crippen LogP contribution in [0.15, 0.2) is 78.1 Å². The molecule has 0 aliphatic heterocycles. The fraction of sp³-hybridized carbons (Fsp3) is 0.231. The summed E-state index contributed by atoms with van der Waals surface area (Å²) in [5.74, 6) is 0.0889. The number of amides is 1. The van der Waals surface area contributed by atoms with Crippen molar-refractivity contribution >= 4 is 32.5 Å². The second-order valence-electron chi connectivity index (χ2n) is 8.56. The number of nitrogens with zero attached hydrogens (tertiary/aromatic N) is 2. The lowest BCUT2D eigenvalue weighted by molar-refractivity contribution is 0.102. The topological polar surface area (TPSA) is 81.1 Å². The number of nitrogens with one attached hydrogen (secondary N) is 1. The van der Waals surface area contributed by atoms with Gasteiger partial charge in [0.25, 0.3) is 15.9 Å². The molecule has 1 fully saturated rings. The number of para-hydroxylation sites is 1. The number of hydrogen-bond donors (Lipinski definition) is 1. The van der Waals surface area contributed by atoms with Gasteiger partial charge in [0.2, 0.25) is 0 Å². The number of anilines is 1. The summed E-state index contributed by atoms with van der Waals surface area (Å²) in [5, 5.41) is 3.79. The Kier molecular flexibility index (Phi) is 5.50. The van der Waals surface area contributed by atoms with Crippen molar-refractivity contribution in [2.75, 3.05) is 5.32 Å². The van der Waals surface area contributed by atoms with Gasteiger partial charge in [-0.05, 0) is 73.2 Å². The Labute approximate surface area is 193 Å². The molecule has 7 heteroatoms.